The molecule has 1 rings (SSSR count). The van der Waals surface area contributed by atoms with Gasteiger partial charge < -0.3 is 15.6 Å². The van der Waals surface area contributed by atoms with Gasteiger partial charge in [-0.2, -0.15) is 0 Å². The van der Waals surface area contributed by atoms with Crippen LogP contribution in [0.15, 0.2) is 18.2 Å². The Morgan fingerprint density at radius 1 is 1.25 bits per heavy atom. The smallest absolute Gasteiger partial charge is 0.122 e. The fourth-order valence-corrected chi connectivity index (χ4v) is 2.59. The van der Waals surface area contributed by atoms with Gasteiger partial charge in [0.2, 0.25) is 0 Å². The molecule has 0 aliphatic carbocycles. The van der Waals surface area contributed by atoms with Crippen LogP contribution < -0.4 is 10.5 Å². The molecule has 0 spiro atoms. The topological polar surface area (TPSA) is 55.5 Å². The van der Waals surface area contributed by atoms with E-state index in [0.717, 1.165) is 25.0 Å². The van der Waals surface area contributed by atoms with Gasteiger partial charge in [-0.05, 0) is 61.8 Å². The van der Waals surface area contributed by atoms with Crippen LogP contribution in [0.2, 0.25) is 0 Å². The quantitative estimate of drug-likeness (QED) is 0.730. The van der Waals surface area contributed by atoms with Gasteiger partial charge in [0.15, 0.2) is 0 Å². The number of hydrogen-bond acceptors (Lipinski definition) is 3. The van der Waals surface area contributed by atoms with Crippen molar-refractivity contribution in [3.8, 4) is 5.75 Å². The van der Waals surface area contributed by atoms with E-state index < -0.39 is 0 Å². The van der Waals surface area contributed by atoms with E-state index in [1.54, 1.807) is 0 Å². The second kappa shape index (κ2) is 8.98. The first-order valence-electron chi connectivity index (χ1n) is 7.76. The lowest BCUT2D eigenvalue weighted by molar-refractivity contribution is 0.213. The van der Waals surface area contributed by atoms with Crippen LogP contribution in [0.25, 0.3) is 0 Å². The molecule has 2 atom stereocenters. The lowest BCUT2D eigenvalue weighted by Gasteiger charge is -2.23. The summed E-state index contributed by atoms with van der Waals surface area (Å²) in [7, 11) is 0. The normalized spacial score (nSPS) is 14.1. The lowest BCUT2D eigenvalue weighted by atomic mass is 9.85. The number of rotatable bonds is 9. The van der Waals surface area contributed by atoms with Crippen molar-refractivity contribution in [3.63, 3.8) is 0 Å². The van der Waals surface area contributed by atoms with Gasteiger partial charge in [-0.15, -0.1) is 0 Å². The summed E-state index contributed by atoms with van der Waals surface area (Å²) in [5.74, 6) is 1.54. The molecule has 1 aromatic rings. The van der Waals surface area contributed by atoms with Crippen LogP contribution in [0.3, 0.4) is 0 Å². The number of ether oxygens (including phenoxy) is 1. The van der Waals surface area contributed by atoms with Crippen LogP contribution in [0.5, 0.6) is 5.75 Å². The molecule has 0 aliphatic heterocycles. The van der Waals surface area contributed by atoms with Gasteiger partial charge >= 0.3 is 0 Å². The van der Waals surface area contributed by atoms with E-state index in [-0.39, 0.29) is 12.5 Å². The van der Waals surface area contributed by atoms with Crippen molar-refractivity contribution in [1.82, 2.24) is 0 Å². The highest BCUT2D eigenvalue weighted by Crippen LogP contribution is 2.34. The zero-order valence-corrected chi connectivity index (χ0v) is 13.1. The third kappa shape index (κ3) is 4.50. The minimum absolute atomic E-state index is 0.157. The van der Waals surface area contributed by atoms with Crippen molar-refractivity contribution in [2.75, 3.05) is 19.8 Å². The number of aryl methyl sites for hydroxylation is 1. The van der Waals surface area contributed by atoms with E-state index >= 15 is 0 Å². The summed E-state index contributed by atoms with van der Waals surface area (Å²) in [5.41, 5.74) is 8.32. The zero-order chi connectivity index (χ0) is 15.0. The van der Waals surface area contributed by atoms with Crippen LogP contribution in [0.1, 0.15) is 50.7 Å². The first-order chi connectivity index (χ1) is 9.69. The lowest BCUT2D eigenvalue weighted by Crippen LogP contribution is -2.21. The molecular weight excluding hydrogens is 250 g/mol. The minimum atomic E-state index is 0.157. The van der Waals surface area contributed by atoms with Crippen LogP contribution in [-0.4, -0.2) is 24.9 Å². The highest BCUT2D eigenvalue weighted by atomic mass is 16.5. The maximum absolute atomic E-state index is 9.38. The molecule has 1 aromatic carbocycles. The summed E-state index contributed by atoms with van der Waals surface area (Å²) in [5, 5.41) is 9.38. The van der Waals surface area contributed by atoms with Gasteiger partial charge in [0.05, 0.1) is 6.61 Å². The summed E-state index contributed by atoms with van der Waals surface area (Å²) < 4.78 is 5.77. The Balaban J connectivity index is 3.03. The first-order valence-corrected chi connectivity index (χ1v) is 7.76. The Hall–Kier alpha value is -1.06. The highest BCUT2D eigenvalue weighted by Gasteiger charge is 2.19. The summed E-state index contributed by atoms with van der Waals surface area (Å²) in [4.78, 5) is 0. The molecule has 0 aromatic heterocycles. The predicted molar refractivity (Wildman–Crippen MR) is 84.3 cm³/mol. The molecule has 20 heavy (non-hydrogen) atoms. The third-order valence-electron chi connectivity index (χ3n) is 3.92. The minimum Gasteiger partial charge on any atom is -0.494 e. The number of benzene rings is 1. The van der Waals surface area contributed by atoms with E-state index in [1.807, 2.05) is 6.92 Å². The summed E-state index contributed by atoms with van der Waals surface area (Å²) in [6, 6.07) is 6.47. The average Bonchev–Trinajstić information content (AvgIpc) is 2.49. The van der Waals surface area contributed by atoms with E-state index in [1.165, 1.54) is 11.1 Å². The van der Waals surface area contributed by atoms with Gasteiger partial charge in [0.1, 0.15) is 5.75 Å². The largest absolute Gasteiger partial charge is 0.494 e. The summed E-state index contributed by atoms with van der Waals surface area (Å²) in [6.07, 6.45) is 2.97. The number of aliphatic hydroxyl groups excluding tert-OH is 1. The Kier molecular flexibility index (Phi) is 7.63. The van der Waals surface area contributed by atoms with Crippen LogP contribution >= 0.6 is 0 Å². The summed E-state index contributed by atoms with van der Waals surface area (Å²) >= 11 is 0. The Morgan fingerprint density at radius 3 is 2.50 bits per heavy atom. The van der Waals surface area contributed by atoms with Gasteiger partial charge in [-0.1, -0.05) is 26.0 Å². The molecule has 3 heteroatoms. The molecule has 0 heterocycles. The zero-order valence-electron chi connectivity index (χ0n) is 13.1. The van der Waals surface area contributed by atoms with Crippen LogP contribution in [0, 0.1) is 5.92 Å². The van der Waals surface area contributed by atoms with Crippen LogP contribution in [-0.2, 0) is 6.42 Å². The molecule has 0 aliphatic rings. The van der Waals surface area contributed by atoms with E-state index in [4.69, 9.17) is 10.5 Å². The van der Waals surface area contributed by atoms with Gasteiger partial charge in [-0.3, -0.25) is 0 Å². The molecule has 0 saturated heterocycles. The maximum atomic E-state index is 9.38. The fraction of sp³-hybridized carbons (Fsp3) is 0.647. The molecule has 2 unspecified atom stereocenters. The molecule has 0 fully saturated rings. The van der Waals surface area contributed by atoms with E-state index in [0.29, 0.717) is 19.1 Å². The standard InChI is InChI=1S/C17H29NO2/c1-4-13-7-8-17(20-6-3)16(10-13)15(5-2)9-14(11-18)12-19/h7-8,10,14-15,19H,4-6,9,11-12,18H2,1-3H3. The second-order valence-electron chi connectivity index (χ2n) is 5.28. The van der Waals surface area contributed by atoms with Gasteiger partial charge in [0, 0.05) is 6.61 Å². The average molecular weight is 279 g/mol. The number of hydrogen-bond donors (Lipinski definition) is 2. The predicted octanol–water partition coefficient (Wildman–Crippen LogP) is 3.10. The van der Waals surface area contributed by atoms with Crippen molar-refractivity contribution in [2.45, 2.75) is 46.0 Å². The molecule has 114 valence electrons. The highest BCUT2D eigenvalue weighted by molar-refractivity contribution is 5.40. The van der Waals surface area contributed by atoms with Gasteiger partial charge in [-0.25, -0.2) is 0 Å². The second-order valence-corrected chi connectivity index (χ2v) is 5.28. The molecule has 0 saturated carbocycles. The molecule has 3 N–H and O–H groups in total. The van der Waals surface area contributed by atoms with Crippen molar-refractivity contribution in [3.05, 3.63) is 29.3 Å². The summed E-state index contributed by atoms with van der Waals surface area (Å²) in [6.45, 7) is 7.72. The van der Waals surface area contributed by atoms with Crippen molar-refractivity contribution < 1.29 is 9.84 Å². The van der Waals surface area contributed by atoms with Crippen molar-refractivity contribution in [1.29, 1.82) is 0 Å². The fourth-order valence-electron chi connectivity index (χ4n) is 2.59. The maximum Gasteiger partial charge on any atom is 0.122 e. The van der Waals surface area contributed by atoms with E-state index in [9.17, 15) is 5.11 Å². The van der Waals surface area contributed by atoms with Crippen molar-refractivity contribution >= 4 is 0 Å². The molecular formula is C17H29NO2. The molecule has 0 bridgehead atoms. The van der Waals surface area contributed by atoms with Crippen LogP contribution in [0.4, 0.5) is 0 Å². The van der Waals surface area contributed by atoms with E-state index in [2.05, 4.69) is 32.0 Å². The van der Waals surface area contributed by atoms with Crippen molar-refractivity contribution in [2.24, 2.45) is 11.7 Å². The Bertz CT molecular complexity index is 389. The number of nitrogens with two attached hydrogens (primary N) is 1. The Morgan fingerprint density at radius 2 is 2.00 bits per heavy atom. The monoisotopic (exact) mass is 279 g/mol. The third-order valence-corrected chi connectivity index (χ3v) is 3.92. The molecule has 3 nitrogen and oxygen atoms in total. The molecule has 0 radical (unpaired) electrons. The number of aliphatic hydroxyl groups is 1. The van der Waals surface area contributed by atoms with Gasteiger partial charge in [0.25, 0.3) is 0 Å². The first kappa shape index (κ1) is 17.0. The SMILES string of the molecule is CCOc1ccc(CC)cc1C(CC)CC(CN)CO. The Labute approximate surface area is 123 Å². The molecule has 0 amide bonds.